The van der Waals surface area contributed by atoms with Crippen LogP contribution >= 0.6 is 0 Å². The predicted octanol–water partition coefficient (Wildman–Crippen LogP) is 2.98. The lowest BCUT2D eigenvalue weighted by atomic mass is 10.0. The highest BCUT2D eigenvalue weighted by Crippen LogP contribution is 2.28. The van der Waals surface area contributed by atoms with Crippen LogP contribution in [0, 0.1) is 6.92 Å². The third-order valence-electron chi connectivity index (χ3n) is 3.34. The maximum Gasteiger partial charge on any atom is 0.0642 e. The molecule has 0 amide bonds. The third-order valence-corrected chi connectivity index (χ3v) is 3.34. The standard InChI is InChI=1S/C15H17NO/c1-12-10-13-4-2-3-5-14(13)15(11-12)16-6-8-17-9-7-16/h2-5,10-11H,6-9H2,1H3. The molecule has 1 aliphatic rings. The predicted molar refractivity (Wildman–Crippen MR) is 71.7 cm³/mol. The first kappa shape index (κ1) is 10.6. The van der Waals surface area contributed by atoms with Gasteiger partial charge in [0.05, 0.1) is 13.2 Å². The van der Waals surface area contributed by atoms with E-state index in [9.17, 15) is 0 Å². The maximum atomic E-state index is 5.42. The van der Waals surface area contributed by atoms with Crippen LogP contribution < -0.4 is 4.90 Å². The lowest BCUT2D eigenvalue weighted by Crippen LogP contribution is -2.36. The Labute approximate surface area is 102 Å². The Hall–Kier alpha value is -1.54. The van der Waals surface area contributed by atoms with E-state index in [0.717, 1.165) is 26.3 Å². The van der Waals surface area contributed by atoms with Gasteiger partial charge in [0.15, 0.2) is 0 Å². The number of hydrogen-bond acceptors (Lipinski definition) is 2. The molecule has 1 saturated heterocycles. The Morgan fingerprint density at radius 1 is 1.06 bits per heavy atom. The summed E-state index contributed by atoms with van der Waals surface area (Å²) in [5.74, 6) is 0. The van der Waals surface area contributed by atoms with Crippen molar-refractivity contribution in [2.75, 3.05) is 31.2 Å². The van der Waals surface area contributed by atoms with Gasteiger partial charge in [-0.05, 0) is 23.9 Å². The number of nitrogens with zero attached hydrogens (tertiary/aromatic N) is 1. The minimum atomic E-state index is 0.836. The topological polar surface area (TPSA) is 12.5 Å². The molecule has 17 heavy (non-hydrogen) atoms. The number of fused-ring (bicyclic) bond motifs is 1. The van der Waals surface area contributed by atoms with Gasteiger partial charge < -0.3 is 9.64 Å². The molecule has 0 spiro atoms. The van der Waals surface area contributed by atoms with Crippen molar-refractivity contribution < 1.29 is 4.74 Å². The van der Waals surface area contributed by atoms with Crippen molar-refractivity contribution in [2.24, 2.45) is 0 Å². The molecular formula is C15H17NO. The molecule has 0 N–H and O–H groups in total. The Kier molecular flexibility index (Phi) is 2.73. The number of hydrogen-bond donors (Lipinski definition) is 0. The van der Waals surface area contributed by atoms with Gasteiger partial charge in [-0.2, -0.15) is 0 Å². The van der Waals surface area contributed by atoms with Crippen LogP contribution in [0.2, 0.25) is 0 Å². The van der Waals surface area contributed by atoms with Crippen LogP contribution in [0.15, 0.2) is 36.4 Å². The van der Waals surface area contributed by atoms with E-state index in [1.165, 1.54) is 22.0 Å². The van der Waals surface area contributed by atoms with Gasteiger partial charge >= 0.3 is 0 Å². The quantitative estimate of drug-likeness (QED) is 0.742. The Balaban J connectivity index is 2.13. The fourth-order valence-electron chi connectivity index (χ4n) is 2.50. The van der Waals surface area contributed by atoms with E-state index >= 15 is 0 Å². The van der Waals surface area contributed by atoms with Crippen molar-refractivity contribution in [2.45, 2.75) is 6.92 Å². The average molecular weight is 227 g/mol. The molecule has 1 fully saturated rings. The summed E-state index contributed by atoms with van der Waals surface area (Å²) >= 11 is 0. The molecule has 2 heteroatoms. The molecule has 2 aromatic rings. The summed E-state index contributed by atoms with van der Waals surface area (Å²) in [5.41, 5.74) is 2.68. The van der Waals surface area contributed by atoms with Crippen LogP contribution in [-0.2, 0) is 4.74 Å². The van der Waals surface area contributed by atoms with Crippen molar-refractivity contribution in [1.29, 1.82) is 0 Å². The number of aryl methyl sites for hydroxylation is 1. The molecule has 88 valence electrons. The van der Waals surface area contributed by atoms with Crippen molar-refractivity contribution in [3.05, 3.63) is 42.0 Å². The van der Waals surface area contributed by atoms with E-state index in [2.05, 4.69) is 48.2 Å². The van der Waals surface area contributed by atoms with Gasteiger partial charge in [-0.1, -0.05) is 30.3 Å². The van der Waals surface area contributed by atoms with E-state index in [1.807, 2.05) is 0 Å². The maximum absolute atomic E-state index is 5.42. The summed E-state index contributed by atoms with van der Waals surface area (Å²) in [6, 6.07) is 13.1. The van der Waals surface area contributed by atoms with E-state index in [1.54, 1.807) is 0 Å². The first-order valence-corrected chi connectivity index (χ1v) is 6.17. The van der Waals surface area contributed by atoms with Crippen LogP contribution in [-0.4, -0.2) is 26.3 Å². The molecule has 3 rings (SSSR count). The molecule has 0 atom stereocenters. The number of benzene rings is 2. The fraction of sp³-hybridized carbons (Fsp3) is 0.333. The van der Waals surface area contributed by atoms with Crippen molar-refractivity contribution in [3.63, 3.8) is 0 Å². The molecule has 1 heterocycles. The summed E-state index contributed by atoms with van der Waals surface area (Å²) in [4.78, 5) is 2.43. The summed E-state index contributed by atoms with van der Waals surface area (Å²) < 4.78 is 5.42. The van der Waals surface area contributed by atoms with E-state index < -0.39 is 0 Å². The number of anilines is 1. The molecular weight excluding hydrogens is 210 g/mol. The zero-order chi connectivity index (χ0) is 11.7. The highest BCUT2D eigenvalue weighted by Gasteiger charge is 2.13. The van der Waals surface area contributed by atoms with Gasteiger partial charge in [0.25, 0.3) is 0 Å². The molecule has 0 aromatic heterocycles. The summed E-state index contributed by atoms with van der Waals surface area (Å²) in [6.07, 6.45) is 0. The second-order valence-corrected chi connectivity index (χ2v) is 4.60. The average Bonchev–Trinajstić information content (AvgIpc) is 2.39. The fourth-order valence-corrected chi connectivity index (χ4v) is 2.50. The van der Waals surface area contributed by atoms with Gasteiger partial charge in [-0.3, -0.25) is 0 Å². The third kappa shape index (κ3) is 2.01. The molecule has 2 nitrogen and oxygen atoms in total. The Morgan fingerprint density at radius 2 is 1.82 bits per heavy atom. The normalized spacial score (nSPS) is 16.4. The SMILES string of the molecule is Cc1cc(N2CCOCC2)c2ccccc2c1. The Morgan fingerprint density at radius 3 is 2.65 bits per heavy atom. The molecule has 0 saturated carbocycles. The van der Waals surface area contributed by atoms with Crippen molar-refractivity contribution >= 4 is 16.5 Å². The van der Waals surface area contributed by atoms with Crippen LogP contribution in [0.25, 0.3) is 10.8 Å². The first-order chi connectivity index (χ1) is 8.34. The molecule has 2 aromatic carbocycles. The summed E-state index contributed by atoms with van der Waals surface area (Å²) in [7, 11) is 0. The highest BCUT2D eigenvalue weighted by molar-refractivity contribution is 5.95. The zero-order valence-corrected chi connectivity index (χ0v) is 10.1. The smallest absolute Gasteiger partial charge is 0.0642 e. The number of morpholine rings is 1. The van der Waals surface area contributed by atoms with Gasteiger partial charge in [0.2, 0.25) is 0 Å². The van der Waals surface area contributed by atoms with Gasteiger partial charge in [0, 0.05) is 24.2 Å². The van der Waals surface area contributed by atoms with Crippen LogP contribution in [0.4, 0.5) is 5.69 Å². The van der Waals surface area contributed by atoms with Gasteiger partial charge in [-0.15, -0.1) is 0 Å². The summed E-state index contributed by atoms with van der Waals surface area (Å²) in [5, 5.41) is 2.67. The number of ether oxygens (including phenoxy) is 1. The first-order valence-electron chi connectivity index (χ1n) is 6.17. The summed E-state index contributed by atoms with van der Waals surface area (Å²) in [6.45, 7) is 5.82. The molecule has 1 aliphatic heterocycles. The monoisotopic (exact) mass is 227 g/mol. The Bertz CT molecular complexity index is 529. The minimum Gasteiger partial charge on any atom is -0.378 e. The van der Waals surface area contributed by atoms with E-state index in [-0.39, 0.29) is 0 Å². The van der Waals surface area contributed by atoms with E-state index in [4.69, 9.17) is 4.74 Å². The molecule has 0 radical (unpaired) electrons. The zero-order valence-electron chi connectivity index (χ0n) is 10.1. The van der Waals surface area contributed by atoms with Crippen LogP contribution in [0.3, 0.4) is 0 Å². The molecule has 0 aliphatic carbocycles. The van der Waals surface area contributed by atoms with Crippen molar-refractivity contribution in [3.8, 4) is 0 Å². The van der Waals surface area contributed by atoms with Gasteiger partial charge in [-0.25, -0.2) is 0 Å². The van der Waals surface area contributed by atoms with Crippen LogP contribution in [0.5, 0.6) is 0 Å². The highest BCUT2D eigenvalue weighted by atomic mass is 16.5. The minimum absolute atomic E-state index is 0.836. The molecule has 0 bridgehead atoms. The second kappa shape index (κ2) is 4.38. The van der Waals surface area contributed by atoms with Gasteiger partial charge in [0.1, 0.15) is 0 Å². The van der Waals surface area contributed by atoms with Crippen LogP contribution in [0.1, 0.15) is 5.56 Å². The lowest BCUT2D eigenvalue weighted by Gasteiger charge is -2.30. The lowest BCUT2D eigenvalue weighted by molar-refractivity contribution is 0.123. The van der Waals surface area contributed by atoms with Crippen molar-refractivity contribution in [1.82, 2.24) is 0 Å². The van der Waals surface area contributed by atoms with E-state index in [0.29, 0.717) is 0 Å². The molecule has 0 unspecified atom stereocenters. The largest absolute Gasteiger partial charge is 0.378 e. The second-order valence-electron chi connectivity index (χ2n) is 4.60. The number of rotatable bonds is 1.